The number of hydrogen-bond donors (Lipinski definition) is 0. The summed E-state index contributed by atoms with van der Waals surface area (Å²) in [5.41, 5.74) is 0. The van der Waals surface area contributed by atoms with Gasteiger partial charge in [-0.2, -0.15) is 10.2 Å². The molecule has 0 atom stereocenters. The highest BCUT2D eigenvalue weighted by Gasteiger charge is 2.13. The second-order valence-corrected chi connectivity index (χ2v) is 3.27. The van der Waals surface area contributed by atoms with Crippen molar-refractivity contribution in [2.75, 3.05) is 18.0 Å². The minimum absolute atomic E-state index is 0.195. The largest absolute Gasteiger partial charge is 0.341 e. The highest BCUT2D eigenvalue weighted by atomic mass is 15.3. The molecule has 5 heteroatoms. The molecule has 1 aromatic rings. The second-order valence-electron chi connectivity index (χ2n) is 3.27. The van der Waals surface area contributed by atoms with E-state index in [4.69, 9.17) is 5.26 Å². The van der Waals surface area contributed by atoms with Crippen LogP contribution in [0.15, 0.2) is 6.33 Å². The van der Waals surface area contributed by atoms with Crippen LogP contribution in [0.1, 0.15) is 25.1 Å². The molecular weight excluding hydrogens is 178 g/mol. The van der Waals surface area contributed by atoms with Gasteiger partial charge < -0.3 is 4.90 Å². The molecule has 1 aliphatic rings. The minimum atomic E-state index is 0.195. The van der Waals surface area contributed by atoms with E-state index in [1.165, 1.54) is 25.6 Å². The average molecular weight is 189 g/mol. The van der Waals surface area contributed by atoms with Crippen molar-refractivity contribution in [2.45, 2.75) is 19.3 Å². The number of rotatable bonds is 1. The van der Waals surface area contributed by atoms with Gasteiger partial charge in [0.15, 0.2) is 0 Å². The topological polar surface area (TPSA) is 65.7 Å². The Morgan fingerprint density at radius 1 is 1.21 bits per heavy atom. The molecule has 0 radical (unpaired) electrons. The summed E-state index contributed by atoms with van der Waals surface area (Å²) in [5, 5.41) is 8.64. The van der Waals surface area contributed by atoms with E-state index in [0.717, 1.165) is 13.1 Å². The van der Waals surface area contributed by atoms with Crippen LogP contribution in [-0.4, -0.2) is 28.0 Å². The summed E-state index contributed by atoms with van der Waals surface area (Å²) < 4.78 is 0. The Kier molecular flexibility index (Phi) is 2.54. The number of piperidine rings is 1. The molecule has 5 nitrogen and oxygen atoms in total. The number of hydrogen-bond acceptors (Lipinski definition) is 5. The van der Waals surface area contributed by atoms with E-state index in [0.29, 0.717) is 5.95 Å². The first-order chi connectivity index (χ1) is 6.90. The summed E-state index contributed by atoms with van der Waals surface area (Å²) in [6, 6.07) is 1.92. The fourth-order valence-corrected chi connectivity index (χ4v) is 1.59. The Hall–Kier alpha value is -1.70. The first-order valence-corrected chi connectivity index (χ1v) is 4.74. The van der Waals surface area contributed by atoms with Crippen LogP contribution in [0.4, 0.5) is 5.95 Å². The third-order valence-corrected chi connectivity index (χ3v) is 2.30. The molecular formula is C9H11N5. The van der Waals surface area contributed by atoms with Gasteiger partial charge in [0.1, 0.15) is 12.4 Å². The molecule has 14 heavy (non-hydrogen) atoms. The lowest BCUT2D eigenvalue weighted by atomic mass is 10.1. The van der Waals surface area contributed by atoms with Crippen molar-refractivity contribution < 1.29 is 0 Å². The second kappa shape index (κ2) is 4.01. The van der Waals surface area contributed by atoms with Gasteiger partial charge in [-0.05, 0) is 19.3 Å². The normalized spacial score (nSPS) is 16.4. The molecule has 0 saturated carbocycles. The standard InChI is InChI=1S/C9H11N5/c10-6-8-11-7-12-9(13-8)14-4-2-1-3-5-14/h7H,1-5H2. The first kappa shape index (κ1) is 8.88. The molecule has 2 rings (SSSR count). The third kappa shape index (κ3) is 1.79. The molecule has 0 spiro atoms. The van der Waals surface area contributed by atoms with Crippen LogP contribution in [0.3, 0.4) is 0 Å². The van der Waals surface area contributed by atoms with Crippen molar-refractivity contribution in [1.29, 1.82) is 5.26 Å². The monoisotopic (exact) mass is 189 g/mol. The van der Waals surface area contributed by atoms with Crippen LogP contribution in [0.2, 0.25) is 0 Å². The maximum absolute atomic E-state index is 8.64. The van der Waals surface area contributed by atoms with Crippen LogP contribution in [-0.2, 0) is 0 Å². The fourth-order valence-electron chi connectivity index (χ4n) is 1.59. The van der Waals surface area contributed by atoms with E-state index >= 15 is 0 Å². The lowest BCUT2D eigenvalue weighted by Gasteiger charge is -2.26. The van der Waals surface area contributed by atoms with Crippen LogP contribution < -0.4 is 4.90 Å². The van der Waals surface area contributed by atoms with Gasteiger partial charge in [-0.25, -0.2) is 9.97 Å². The maximum atomic E-state index is 8.64. The Bertz CT molecular complexity index is 350. The van der Waals surface area contributed by atoms with E-state index < -0.39 is 0 Å². The van der Waals surface area contributed by atoms with E-state index in [1.807, 2.05) is 6.07 Å². The van der Waals surface area contributed by atoms with Gasteiger partial charge in [-0.3, -0.25) is 0 Å². The fraction of sp³-hybridized carbons (Fsp3) is 0.556. The summed E-state index contributed by atoms with van der Waals surface area (Å²) >= 11 is 0. The van der Waals surface area contributed by atoms with Crippen molar-refractivity contribution in [1.82, 2.24) is 15.0 Å². The Balaban J connectivity index is 2.18. The van der Waals surface area contributed by atoms with Crippen LogP contribution in [0.5, 0.6) is 0 Å². The van der Waals surface area contributed by atoms with Gasteiger partial charge >= 0.3 is 0 Å². The van der Waals surface area contributed by atoms with Gasteiger partial charge in [-0.15, -0.1) is 0 Å². The molecule has 0 aliphatic carbocycles. The highest BCUT2D eigenvalue weighted by Crippen LogP contribution is 2.14. The molecule has 1 aromatic heterocycles. The molecule has 0 amide bonds. The summed E-state index contributed by atoms with van der Waals surface area (Å²) in [5.74, 6) is 0.830. The van der Waals surface area contributed by atoms with E-state index in [2.05, 4.69) is 19.9 Å². The van der Waals surface area contributed by atoms with E-state index in [-0.39, 0.29) is 5.82 Å². The molecule has 0 unspecified atom stereocenters. The number of aromatic nitrogens is 3. The van der Waals surface area contributed by atoms with Crippen LogP contribution in [0, 0.1) is 11.3 Å². The predicted molar refractivity (Wildman–Crippen MR) is 50.6 cm³/mol. The Labute approximate surface area is 82.4 Å². The van der Waals surface area contributed by atoms with Gasteiger partial charge in [0.25, 0.3) is 0 Å². The first-order valence-electron chi connectivity index (χ1n) is 4.74. The van der Waals surface area contributed by atoms with Crippen molar-refractivity contribution in [3.05, 3.63) is 12.2 Å². The summed E-state index contributed by atoms with van der Waals surface area (Å²) in [7, 11) is 0. The Morgan fingerprint density at radius 2 is 2.00 bits per heavy atom. The zero-order chi connectivity index (χ0) is 9.80. The lowest BCUT2D eigenvalue weighted by molar-refractivity contribution is 0.567. The van der Waals surface area contributed by atoms with Gasteiger partial charge in [-0.1, -0.05) is 0 Å². The molecule has 1 fully saturated rings. The minimum Gasteiger partial charge on any atom is -0.341 e. The summed E-state index contributed by atoms with van der Waals surface area (Å²) in [6.45, 7) is 1.96. The van der Waals surface area contributed by atoms with Crippen molar-refractivity contribution in [3.8, 4) is 6.07 Å². The molecule has 2 heterocycles. The number of nitriles is 1. The molecule has 72 valence electrons. The van der Waals surface area contributed by atoms with Crippen molar-refractivity contribution in [2.24, 2.45) is 0 Å². The van der Waals surface area contributed by atoms with Crippen molar-refractivity contribution >= 4 is 5.95 Å². The predicted octanol–water partition coefficient (Wildman–Crippen LogP) is 0.734. The zero-order valence-corrected chi connectivity index (χ0v) is 7.85. The molecule has 1 saturated heterocycles. The zero-order valence-electron chi connectivity index (χ0n) is 7.85. The van der Waals surface area contributed by atoms with Crippen molar-refractivity contribution in [3.63, 3.8) is 0 Å². The van der Waals surface area contributed by atoms with Gasteiger partial charge in [0.05, 0.1) is 0 Å². The number of anilines is 1. The third-order valence-electron chi connectivity index (χ3n) is 2.30. The molecule has 1 aliphatic heterocycles. The van der Waals surface area contributed by atoms with Gasteiger partial charge in [0, 0.05) is 13.1 Å². The molecule has 0 bridgehead atoms. The average Bonchev–Trinajstić information content (AvgIpc) is 2.30. The van der Waals surface area contributed by atoms with E-state index in [9.17, 15) is 0 Å². The van der Waals surface area contributed by atoms with Crippen LogP contribution >= 0.6 is 0 Å². The smallest absolute Gasteiger partial charge is 0.236 e. The molecule has 0 aromatic carbocycles. The van der Waals surface area contributed by atoms with Crippen LogP contribution in [0.25, 0.3) is 0 Å². The highest BCUT2D eigenvalue weighted by molar-refractivity contribution is 5.30. The van der Waals surface area contributed by atoms with Gasteiger partial charge in [0.2, 0.25) is 11.8 Å². The SMILES string of the molecule is N#Cc1ncnc(N2CCCCC2)n1. The molecule has 0 N–H and O–H groups in total. The summed E-state index contributed by atoms with van der Waals surface area (Å²) in [4.78, 5) is 14.0. The lowest BCUT2D eigenvalue weighted by Crippen LogP contribution is -2.31. The Morgan fingerprint density at radius 3 is 2.71 bits per heavy atom. The summed E-state index contributed by atoms with van der Waals surface area (Å²) in [6.07, 6.45) is 5.02. The maximum Gasteiger partial charge on any atom is 0.236 e. The quantitative estimate of drug-likeness (QED) is 0.651. The van der Waals surface area contributed by atoms with E-state index in [1.54, 1.807) is 0 Å². The number of nitrogens with zero attached hydrogens (tertiary/aromatic N) is 5.